The first kappa shape index (κ1) is 27.7. The van der Waals surface area contributed by atoms with E-state index in [0.29, 0.717) is 6.04 Å². The lowest BCUT2D eigenvalue weighted by Crippen LogP contribution is -3.17. The van der Waals surface area contributed by atoms with Crippen molar-refractivity contribution < 1.29 is 17.3 Å². The molecule has 1 unspecified atom stereocenters. The average molecular weight is 498 g/mol. The van der Waals surface area contributed by atoms with Gasteiger partial charge in [-0.1, -0.05) is 121 Å². The van der Waals surface area contributed by atoms with E-state index in [1.54, 1.807) is 4.90 Å². The maximum Gasteiger partial charge on any atom is 0.0981 e. The van der Waals surface area contributed by atoms with Crippen LogP contribution in [-0.4, -0.2) is 19.1 Å². The molecule has 36 heavy (non-hydrogen) atoms. The minimum atomic E-state index is 0. The number of benzene rings is 4. The highest BCUT2D eigenvalue weighted by molar-refractivity contribution is 5.27. The molecule has 0 spiro atoms. The molecule has 0 aliphatic rings. The maximum atomic E-state index is 2.36. The zero-order chi connectivity index (χ0) is 24.3. The van der Waals surface area contributed by atoms with Gasteiger partial charge < -0.3 is 17.3 Å². The Hall–Kier alpha value is -2.87. The molecule has 4 aromatic carbocycles. The molecule has 4 rings (SSSR count). The van der Waals surface area contributed by atoms with Gasteiger partial charge in [0.15, 0.2) is 0 Å². The summed E-state index contributed by atoms with van der Waals surface area (Å²) in [4.78, 5) is 1.69. The first-order chi connectivity index (χ1) is 17.2. The fourth-order valence-corrected chi connectivity index (χ4v) is 5.95. The van der Waals surface area contributed by atoms with Crippen LogP contribution in [0.4, 0.5) is 0 Å². The van der Waals surface area contributed by atoms with Gasteiger partial charge in [-0.05, 0) is 55.4 Å². The Bertz CT molecular complexity index is 1010. The van der Waals surface area contributed by atoms with Crippen LogP contribution < -0.4 is 17.3 Å². The summed E-state index contributed by atoms with van der Waals surface area (Å²) < 4.78 is 0. The molecule has 4 aromatic rings. The van der Waals surface area contributed by atoms with Gasteiger partial charge in [0.1, 0.15) is 0 Å². The lowest BCUT2D eigenvalue weighted by molar-refractivity contribution is -0.930. The Balaban J connectivity index is 0.00000361. The third-order valence-corrected chi connectivity index (χ3v) is 7.62. The second kappa shape index (κ2) is 14.0. The van der Waals surface area contributed by atoms with E-state index in [9.17, 15) is 0 Å². The van der Waals surface area contributed by atoms with Crippen LogP contribution in [-0.2, 0) is 25.7 Å². The molecule has 0 aromatic heterocycles. The molecule has 0 aliphatic carbocycles. The standard InChI is InChI=1S/C34H39N.ClH/c1-3-35(4-2)33(25-29-17-9-5-10-18-29)34(26-30-19-11-6-12-20-30,27-31-21-13-7-14-22-31)28-32-23-15-8-16-24-32;/h5-24,33H,3-4,25-28H2,1-2H3;1H. The van der Waals surface area contributed by atoms with Crippen LogP contribution in [0.5, 0.6) is 0 Å². The summed E-state index contributed by atoms with van der Waals surface area (Å²) in [5.41, 5.74) is 5.81. The van der Waals surface area contributed by atoms with Gasteiger partial charge in [-0.3, -0.25) is 0 Å². The smallest absolute Gasteiger partial charge is 0.0981 e. The molecule has 1 atom stereocenters. The molecule has 0 fully saturated rings. The first-order valence-corrected chi connectivity index (χ1v) is 13.2. The SMILES string of the molecule is CC[NH+](CC)C(Cc1ccccc1)C(Cc1ccccc1)(Cc1ccccc1)Cc1ccccc1.[Cl-]. The number of halogens is 1. The summed E-state index contributed by atoms with van der Waals surface area (Å²) in [7, 11) is 0. The lowest BCUT2D eigenvalue weighted by Gasteiger charge is -2.44. The molecule has 0 radical (unpaired) electrons. The first-order valence-electron chi connectivity index (χ1n) is 13.2. The van der Waals surface area contributed by atoms with Crippen LogP contribution in [0, 0.1) is 5.41 Å². The highest BCUT2D eigenvalue weighted by atomic mass is 35.5. The van der Waals surface area contributed by atoms with Crippen molar-refractivity contribution in [3.63, 3.8) is 0 Å². The summed E-state index contributed by atoms with van der Waals surface area (Å²) in [5, 5.41) is 0. The van der Waals surface area contributed by atoms with Crippen LogP contribution in [0.2, 0.25) is 0 Å². The van der Waals surface area contributed by atoms with E-state index in [1.807, 2.05) is 0 Å². The Morgan fingerprint density at radius 1 is 0.500 bits per heavy atom. The summed E-state index contributed by atoms with van der Waals surface area (Å²) in [6.07, 6.45) is 4.29. The highest BCUT2D eigenvalue weighted by Gasteiger charge is 2.44. The number of nitrogens with one attached hydrogen (secondary N) is 1. The molecule has 188 valence electrons. The fourth-order valence-electron chi connectivity index (χ4n) is 5.95. The van der Waals surface area contributed by atoms with E-state index in [4.69, 9.17) is 0 Å². The summed E-state index contributed by atoms with van der Waals surface area (Å²) >= 11 is 0. The average Bonchev–Trinajstić information content (AvgIpc) is 2.91. The van der Waals surface area contributed by atoms with Gasteiger partial charge in [0.05, 0.1) is 19.1 Å². The second-order valence-corrected chi connectivity index (χ2v) is 9.96. The molecule has 0 heterocycles. The molecule has 2 heteroatoms. The maximum absolute atomic E-state index is 2.36. The van der Waals surface area contributed by atoms with Gasteiger partial charge in [-0.25, -0.2) is 0 Å². The second-order valence-electron chi connectivity index (χ2n) is 9.96. The van der Waals surface area contributed by atoms with Crippen molar-refractivity contribution in [2.75, 3.05) is 13.1 Å². The van der Waals surface area contributed by atoms with E-state index in [1.165, 1.54) is 22.3 Å². The van der Waals surface area contributed by atoms with Gasteiger partial charge in [-0.2, -0.15) is 0 Å². The number of quaternary nitrogens is 1. The van der Waals surface area contributed by atoms with Gasteiger partial charge in [-0.15, -0.1) is 0 Å². The van der Waals surface area contributed by atoms with Crippen LogP contribution in [0.25, 0.3) is 0 Å². The Labute approximate surface area is 224 Å². The van der Waals surface area contributed by atoms with Crippen molar-refractivity contribution >= 4 is 0 Å². The van der Waals surface area contributed by atoms with Crippen LogP contribution >= 0.6 is 0 Å². The molecule has 0 aliphatic heterocycles. The number of likely N-dealkylation sites (N-methyl/N-ethyl adjacent to an activating group) is 1. The van der Waals surface area contributed by atoms with Gasteiger partial charge >= 0.3 is 0 Å². The molecular weight excluding hydrogens is 458 g/mol. The van der Waals surface area contributed by atoms with E-state index < -0.39 is 0 Å². The van der Waals surface area contributed by atoms with Gasteiger partial charge in [0.25, 0.3) is 0 Å². The van der Waals surface area contributed by atoms with Gasteiger partial charge in [0, 0.05) is 11.8 Å². The normalized spacial score (nSPS) is 12.2. The number of hydrogen-bond acceptors (Lipinski definition) is 0. The van der Waals surface area contributed by atoms with Crippen molar-refractivity contribution in [3.05, 3.63) is 144 Å². The zero-order valence-electron chi connectivity index (χ0n) is 21.7. The Morgan fingerprint density at radius 3 is 1.11 bits per heavy atom. The minimum Gasteiger partial charge on any atom is -1.00 e. The third kappa shape index (κ3) is 7.32. The predicted octanol–water partition coefficient (Wildman–Crippen LogP) is 3.24. The number of hydrogen-bond donors (Lipinski definition) is 1. The van der Waals surface area contributed by atoms with Crippen LogP contribution in [0.1, 0.15) is 36.1 Å². The van der Waals surface area contributed by atoms with Crippen molar-refractivity contribution in [1.29, 1.82) is 0 Å². The zero-order valence-corrected chi connectivity index (χ0v) is 22.5. The minimum absolute atomic E-state index is 0. The van der Waals surface area contributed by atoms with E-state index >= 15 is 0 Å². The third-order valence-electron chi connectivity index (χ3n) is 7.62. The van der Waals surface area contributed by atoms with E-state index in [2.05, 4.69) is 135 Å². The highest BCUT2D eigenvalue weighted by Crippen LogP contribution is 2.36. The Kier molecular flexibility index (Phi) is 10.8. The lowest BCUT2D eigenvalue weighted by atomic mass is 9.65. The molecule has 0 saturated heterocycles. The predicted molar refractivity (Wildman–Crippen MR) is 149 cm³/mol. The molecule has 1 N–H and O–H groups in total. The van der Waals surface area contributed by atoms with Crippen LogP contribution in [0.15, 0.2) is 121 Å². The molecular formula is C34H40ClN. The van der Waals surface area contributed by atoms with Crippen molar-refractivity contribution in [3.8, 4) is 0 Å². The van der Waals surface area contributed by atoms with Crippen molar-refractivity contribution in [2.24, 2.45) is 5.41 Å². The van der Waals surface area contributed by atoms with E-state index in [-0.39, 0.29) is 17.8 Å². The molecule has 1 nitrogen and oxygen atoms in total. The number of rotatable bonds is 12. The quantitative estimate of drug-likeness (QED) is 0.306. The molecule has 0 amide bonds. The van der Waals surface area contributed by atoms with Gasteiger partial charge in [0.2, 0.25) is 0 Å². The van der Waals surface area contributed by atoms with Crippen LogP contribution in [0.3, 0.4) is 0 Å². The summed E-state index contributed by atoms with van der Waals surface area (Å²) in [6.45, 7) is 6.98. The van der Waals surface area contributed by atoms with Crippen molar-refractivity contribution in [1.82, 2.24) is 0 Å². The molecule has 0 saturated carbocycles. The Morgan fingerprint density at radius 2 is 0.806 bits per heavy atom. The molecule has 0 bridgehead atoms. The van der Waals surface area contributed by atoms with Crippen molar-refractivity contribution in [2.45, 2.75) is 45.6 Å². The topological polar surface area (TPSA) is 4.44 Å². The largest absolute Gasteiger partial charge is 1.00 e. The summed E-state index contributed by atoms with van der Waals surface area (Å²) in [5.74, 6) is 0. The fraction of sp³-hybridized carbons (Fsp3) is 0.294. The summed E-state index contributed by atoms with van der Waals surface area (Å²) in [6, 6.07) is 45.1. The monoisotopic (exact) mass is 497 g/mol. The van der Waals surface area contributed by atoms with E-state index in [0.717, 1.165) is 38.8 Å².